The fourth-order valence-electron chi connectivity index (χ4n) is 1.54. The van der Waals surface area contributed by atoms with Crippen LogP contribution in [0.4, 0.5) is 4.39 Å². The maximum atomic E-state index is 13.0. The van der Waals surface area contributed by atoms with Gasteiger partial charge in [0.1, 0.15) is 17.3 Å². The Kier molecular flexibility index (Phi) is 3.99. The lowest BCUT2D eigenvalue weighted by atomic mass is 10.1. The summed E-state index contributed by atoms with van der Waals surface area (Å²) in [6, 6.07) is 11.6. The molecule has 0 amide bonds. The molecule has 0 aromatic heterocycles. The van der Waals surface area contributed by atoms with E-state index in [-0.39, 0.29) is 11.9 Å². The first-order valence-corrected chi connectivity index (χ1v) is 6.34. The molecule has 0 fully saturated rings. The second-order valence-corrected chi connectivity index (χ2v) is 4.89. The molecular weight excluding hydrogens is 297 g/mol. The van der Waals surface area contributed by atoms with Gasteiger partial charge < -0.3 is 10.5 Å². The normalized spacial score (nSPS) is 12.2. The molecule has 0 aliphatic heterocycles. The summed E-state index contributed by atoms with van der Waals surface area (Å²) in [5.74, 6) is 0.769. The standard InChI is InChI=1S/C14H13BrFNO/c1-9(17)10-5-6-14(13(15)7-10)18-12-4-2-3-11(16)8-12/h2-9H,17H2,1H3. The summed E-state index contributed by atoms with van der Waals surface area (Å²) in [7, 11) is 0. The number of nitrogens with two attached hydrogens (primary N) is 1. The van der Waals surface area contributed by atoms with Crippen molar-refractivity contribution in [3.8, 4) is 11.5 Å². The summed E-state index contributed by atoms with van der Waals surface area (Å²) in [4.78, 5) is 0. The molecule has 94 valence electrons. The third-order valence-corrected chi connectivity index (χ3v) is 3.13. The summed E-state index contributed by atoms with van der Waals surface area (Å²) in [6.07, 6.45) is 0. The lowest BCUT2D eigenvalue weighted by Crippen LogP contribution is -2.04. The molecule has 0 aliphatic rings. The van der Waals surface area contributed by atoms with E-state index in [0.29, 0.717) is 11.5 Å². The van der Waals surface area contributed by atoms with Crippen LogP contribution in [-0.4, -0.2) is 0 Å². The van der Waals surface area contributed by atoms with E-state index < -0.39 is 0 Å². The van der Waals surface area contributed by atoms with E-state index >= 15 is 0 Å². The average molecular weight is 310 g/mol. The van der Waals surface area contributed by atoms with Crippen LogP contribution in [0.3, 0.4) is 0 Å². The van der Waals surface area contributed by atoms with Gasteiger partial charge in [-0.3, -0.25) is 0 Å². The van der Waals surface area contributed by atoms with Crippen LogP contribution in [-0.2, 0) is 0 Å². The molecule has 2 N–H and O–H groups in total. The molecule has 0 aliphatic carbocycles. The van der Waals surface area contributed by atoms with Gasteiger partial charge in [0, 0.05) is 12.1 Å². The number of rotatable bonds is 3. The number of hydrogen-bond donors (Lipinski definition) is 1. The Hall–Kier alpha value is -1.39. The van der Waals surface area contributed by atoms with Gasteiger partial charge in [-0.15, -0.1) is 0 Å². The smallest absolute Gasteiger partial charge is 0.141 e. The molecule has 1 unspecified atom stereocenters. The highest BCUT2D eigenvalue weighted by Gasteiger charge is 2.07. The molecule has 0 heterocycles. The molecule has 0 saturated heterocycles. The number of ether oxygens (including phenoxy) is 1. The van der Waals surface area contributed by atoms with Crippen molar-refractivity contribution in [3.05, 3.63) is 58.3 Å². The van der Waals surface area contributed by atoms with Crippen LogP contribution in [0.1, 0.15) is 18.5 Å². The SMILES string of the molecule is CC(N)c1ccc(Oc2cccc(F)c2)c(Br)c1. The van der Waals surface area contributed by atoms with Gasteiger partial charge in [-0.1, -0.05) is 12.1 Å². The highest BCUT2D eigenvalue weighted by Crippen LogP contribution is 2.31. The van der Waals surface area contributed by atoms with Crippen LogP contribution >= 0.6 is 15.9 Å². The van der Waals surface area contributed by atoms with Crippen LogP contribution < -0.4 is 10.5 Å². The lowest BCUT2D eigenvalue weighted by Gasteiger charge is -2.11. The van der Waals surface area contributed by atoms with Gasteiger partial charge in [0.2, 0.25) is 0 Å². The van der Waals surface area contributed by atoms with Gasteiger partial charge in [-0.2, -0.15) is 0 Å². The minimum atomic E-state index is -0.323. The predicted molar refractivity (Wildman–Crippen MR) is 73.2 cm³/mol. The molecule has 2 aromatic carbocycles. The Balaban J connectivity index is 2.24. The molecular formula is C14H13BrFNO. The van der Waals surface area contributed by atoms with Crippen molar-refractivity contribution in [1.29, 1.82) is 0 Å². The summed E-state index contributed by atoms with van der Waals surface area (Å²) in [6.45, 7) is 1.91. The van der Waals surface area contributed by atoms with Gasteiger partial charge in [-0.05, 0) is 52.7 Å². The second-order valence-electron chi connectivity index (χ2n) is 4.04. The first kappa shape index (κ1) is 13.1. The van der Waals surface area contributed by atoms with Crippen molar-refractivity contribution in [2.45, 2.75) is 13.0 Å². The molecule has 0 radical (unpaired) electrons. The van der Waals surface area contributed by atoms with E-state index in [1.54, 1.807) is 12.1 Å². The molecule has 18 heavy (non-hydrogen) atoms. The lowest BCUT2D eigenvalue weighted by molar-refractivity contribution is 0.473. The van der Waals surface area contributed by atoms with Gasteiger partial charge >= 0.3 is 0 Å². The van der Waals surface area contributed by atoms with Crippen LogP contribution in [0.2, 0.25) is 0 Å². The van der Waals surface area contributed by atoms with Gasteiger partial charge in [0.05, 0.1) is 4.47 Å². The zero-order valence-electron chi connectivity index (χ0n) is 9.86. The van der Waals surface area contributed by atoms with E-state index in [2.05, 4.69) is 15.9 Å². The summed E-state index contributed by atoms with van der Waals surface area (Å²) >= 11 is 3.42. The van der Waals surface area contributed by atoms with Crippen molar-refractivity contribution in [2.24, 2.45) is 5.73 Å². The highest BCUT2D eigenvalue weighted by molar-refractivity contribution is 9.10. The minimum Gasteiger partial charge on any atom is -0.456 e. The highest BCUT2D eigenvalue weighted by atomic mass is 79.9. The van der Waals surface area contributed by atoms with E-state index in [0.717, 1.165) is 10.0 Å². The van der Waals surface area contributed by atoms with E-state index in [4.69, 9.17) is 10.5 Å². The van der Waals surface area contributed by atoms with Gasteiger partial charge in [-0.25, -0.2) is 4.39 Å². The van der Waals surface area contributed by atoms with Crippen LogP contribution in [0.25, 0.3) is 0 Å². The largest absolute Gasteiger partial charge is 0.456 e. The van der Waals surface area contributed by atoms with Crippen LogP contribution in [0, 0.1) is 5.82 Å². The molecule has 2 nitrogen and oxygen atoms in total. The fourth-order valence-corrected chi connectivity index (χ4v) is 2.02. The van der Waals surface area contributed by atoms with Crippen molar-refractivity contribution < 1.29 is 9.13 Å². The Morgan fingerprint density at radius 3 is 2.61 bits per heavy atom. The third kappa shape index (κ3) is 3.09. The number of benzene rings is 2. The molecule has 2 rings (SSSR count). The van der Waals surface area contributed by atoms with Crippen molar-refractivity contribution in [3.63, 3.8) is 0 Å². The third-order valence-electron chi connectivity index (χ3n) is 2.51. The van der Waals surface area contributed by atoms with E-state index in [1.165, 1.54) is 12.1 Å². The van der Waals surface area contributed by atoms with Crippen LogP contribution in [0.15, 0.2) is 46.9 Å². The predicted octanol–water partition coefficient (Wildman–Crippen LogP) is 4.40. The van der Waals surface area contributed by atoms with E-state index in [9.17, 15) is 4.39 Å². The Bertz CT molecular complexity index is 557. The Labute approximate surface area is 114 Å². The molecule has 0 spiro atoms. The maximum absolute atomic E-state index is 13.0. The summed E-state index contributed by atoms with van der Waals surface area (Å²) in [5.41, 5.74) is 6.80. The first-order chi connectivity index (χ1) is 8.56. The Morgan fingerprint density at radius 2 is 2.00 bits per heavy atom. The zero-order chi connectivity index (χ0) is 13.1. The van der Waals surface area contributed by atoms with Crippen LogP contribution in [0.5, 0.6) is 11.5 Å². The zero-order valence-corrected chi connectivity index (χ0v) is 11.4. The summed E-state index contributed by atoms with van der Waals surface area (Å²) in [5, 5.41) is 0. The number of halogens is 2. The quantitative estimate of drug-likeness (QED) is 0.912. The summed E-state index contributed by atoms with van der Waals surface area (Å²) < 4.78 is 19.4. The minimum absolute atomic E-state index is 0.0375. The van der Waals surface area contributed by atoms with Crippen molar-refractivity contribution in [2.75, 3.05) is 0 Å². The molecule has 0 bridgehead atoms. The van der Waals surface area contributed by atoms with Crippen molar-refractivity contribution in [1.82, 2.24) is 0 Å². The van der Waals surface area contributed by atoms with Crippen molar-refractivity contribution >= 4 is 15.9 Å². The molecule has 0 saturated carbocycles. The molecule has 2 aromatic rings. The average Bonchev–Trinajstić information content (AvgIpc) is 2.31. The molecule has 4 heteroatoms. The van der Waals surface area contributed by atoms with Gasteiger partial charge in [0.15, 0.2) is 0 Å². The first-order valence-electron chi connectivity index (χ1n) is 5.54. The maximum Gasteiger partial charge on any atom is 0.141 e. The number of hydrogen-bond acceptors (Lipinski definition) is 2. The topological polar surface area (TPSA) is 35.2 Å². The monoisotopic (exact) mass is 309 g/mol. The van der Waals surface area contributed by atoms with Gasteiger partial charge in [0.25, 0.3) is 0 Å². The molecule has 1 atom stereocenters. The van der Waals surface area contributed by atoms with E-state index in [1.807, 2.05) is 25.1 Å². The fraction of sp³-hybridized carbons (Fsp3) is 0.143. The Morgan fingerprint density at radius 1 is 1.22 bits per heavy atom. The second kappa shape index (κ2) is 5.50.